The molecule has 3 aromatic rings. The van der Waals surface area contributed by atoms with Gasteiger partial charge in [0.1, 0.15) is 0 Å². The van der Waals surface area contributed by atoms with Crippen LogP contribution in [0.25, 0.3) is 5.69 Å². The number of hydrogen-bond acceptors (Lipinski definition) is 5. The van der Waals surface area contributed by atoms with Gasteiger partial charge in [0, 0.05) is 6.54 Å². The zero-order valence-electron chi connectivity index (χ0n) is 12.1. The molecule has 1 aromatic carbocycles. The van der Waals surface area contributed by atoms with Gasteiger partial charge in [-0.3, -0.25) is 4.79 Å². The number of nitrogens with one attached hydrogen (secondary N) is 1. The standard InChI is InChI=1S/C16H15N3O3S/c20-13(11-6-7-23-10-11)8-17-16(22)15-14(21)9-19(18-15)12-4-2-1-3-5-12/h1-7,9-10,13,20-21H,8H2,(H,17,22). The van der Waals surface area contributed by atoms with Gasteiger partial charge in [0.2, 0.25) is 0 Å². The summed E-state index contributed by atoms with van der Waals surface area (Å²) in [6.07, 6.45) is 0.586. The molecule has 0 spiro atoms. The Morgan fingerprint density at radius 2 is 2.09 bits per heavy atom. The average Bonchev–Trinajstić information content (AvgIpc) is 3.23. The molecule has 0 bridgehead atoms. The van der Waals surface area contributed by atoms with Crippen molar-refractivity contribution in [3.8, 4) is 11.4 Å². The number of aromatic nitrogens is 2. The fraction of sp³-hybridized carbons (Fsp3) is 0.125. The van der Waals surface area contributed by atoms with E-state index in [0.717, 1.165) is 11.3 Å². The Morgan fingerprint density at radius 3 is 2.78 bits per heavy atom. The SMILES string of the molecule is O=C(NCC(O)c1ccsc1)c1nn(-c2ccccc2)cc1O. The second kappa shape index (κ2) is 6.64. The summed E-state index contributed by atoms with van der Waals surface area (Å²) in [4.78, 5) is 12.1. The molecule has 0 fully saturated rings. The number of para-hydroxylation sites is 1. The monoisotopic (exact) mass is 329 g/mol. The topological polar surface area (TPSA) is 87.4 Å². The number of carbonyl (C=O) groups excluding carboxylic acids is 1. The molecule has 0 aliphatic rings. The zero-order valence-corrected chi connectivity index (χ0v) is 12.9. The number of benzene rings is 1. The first-order valence-corrected chi connectivity index (χ1v) is 7.92. The maximum absolute atomic E-state index is 12.1. The third-order valence-electron chi connectivity index (χ3n) is 3.31. The molecule has 2 heterocycles. The highest BCUT2D eigenvalue weighted by atomic mass is 32.1. The molecule has 1 unspecified atom stereocenters. The largest absolute Gasteiger partial charge is 0.504 e. The van der Waals surface area contributed by atoms with E-state index in [9.17, 15) is 15.0 Å². The van der Waals surface area contributed by atoms with E-state index in [0.29, 0.717) is 0 Å². The third kappa shape index (κ3) is 3.41. The van der Waals surface area contributed by atoms with Crippen LogP contribution in [0.5, 0.6) is 5.75 Å². The Bertz CT molecular complexity index is 784. The van der Waals surface area contributed by atoms with E-state index in [1.165, 1.54) is 22.2 Å². The summed E-state index contributed by atoms with van der Waals surface area (Å²) >= 11 is 1.47. The van der Waals surface area contributed by atoms with E-state index in [1.54, 1.807) is 6.07 Å². The highest BCUT2D eigenvalue weighted by Gasteiger charge is 2.18. The van der Waals surface area contributed by atoms with Crippen LogP contribution in [0, 0.1) is 0 Å². The molecule has 23 heavy (non-hydrogen) atoms. The Kier molecular flexibility index (Phi) is 4.40. The normalized spacial score (nSPS) is 12.0. The van der Waals surface area contributed by atoms with Crippen LogP contribution < -0.4 is 5.32 Å². The van der Waals surface area contributed by atoms with Crippen LogP contribution in [0.2, 0.25) is 0 Å². The van der Waals surface area contributed by atoms with Gasteiger partial charge in [0.25, 0.3) is 5.91 Å². The van der Waals surface area contributed by atoms with E-state index in [4.69, 9.17) is 0 Å². The molecule has 0 radical (unpaired) electrons. The first-order valence-electron chi connectivity index (χ1n) is 6.97. The average molecular weight is 329 g/mol. The molecule has 6 nitrogen and oxygen atoms in total. The molecule has 0 aliphatic carbocycles. The smallest absolute Gasteiger partial charge is 0.275 e. The van der Waals surface area contributed by atoms with E-state index < -0.39 is 12.0 Å². The summed E-state index contributed by atoms with van der Waals surface area (Å²) in [5, 5.41) is 30.2. The van der Waals surface area contributed by atoms with Gasteiger partial charge < -0.3 is 15.5 Å². The van der Waals surface area contributed by atoms with Gasteiger partial charge in [-0.1, -0.05) is 18.2 Å². The summed E-state index contributed by atoms with van der Waals surface area (Å²) < 4.78 is 1.43. The Balaban J connectivity index is 1.69. The van der Waals surface area contributed by atoms with Crippen molar-refractivity contribution in [2.45, 2.75) is 6.10 Å². The summed E-state index contributed by atoms with van der Waals surface area (Å²) in [6, 6.07) is 11.0. The molecule has 2 aromatic heterocycles. The number of nitrogens with zero attached hydrogens (tertiary/aromatic N) is 2. The molecule has 118 valence electrons. The lowest BCUT2D eigenvalue weighted by atomic mass is 10.2. The second-order valence-electron chi connectivity index (χ2n) is 4.93. The van der Waals surface area contributed by atoms with E-state index in [2.05, 4.69) is 10.4 Å². The van der Waals surface area contributed by atoms with Crippen molar-refractivity contribution < 1.29 is 15.0 Å². The number of aliphatic hydroxyl groups excluding tert-OH is 1. The van der Waals surface area contributed by atoms with Crippen molar-refractivity contribution in [1.29, 1.82) is 0 Å². The lowest BCUT2D eigenvalue weighted by molar-refractivity contribution is 0.0908. The van der Waals surface area contributed by atoms with E-state index >= 15 is 0 Å². The molecule has 3 N–H and O–H groups in total. The van der Waals surface area contributed by atoms with Crippen LogP contribution >= 0.6 is 11.3 Å². The van der Waals surface area contributed by atoms with Crippen LogP contribution in [0.4, 0.5) is 0 Å². The lowest BCUT2D eigenvalue weighted by Gasteiger charge is -2.09. The van der Waals surface area contributed by atoms with Crippen molar-refractivity contribution in [1.82, 2.24) is 15.1 Å². The van der Waals surface area contributed by atoms with Gasteiger partial charge in [-0.25, -0.2) is 4.68 Å². The van der Waals surface area contributed by atoms with Crippen LogP contribution in [0.15, 0.2) is 53.4 Å². The number of hydrogen-bond donors (Lipinski definition) is 3. The van der Waals surface area contributed by atoms with Gasteiger partial charge in [-0.2, -0.15) is 16.4 Å². The van der Waals surface area contributed by atoms with Gasteiger partial charge in [0.05, 0.1) is 18.0 Å². The third-order valence-corrected chi connectivity index (χ3v) is 4.02. The van der Waals surface area contributed by atoms with Crippen molar-refractivity contribution in [2.75, 3.05) is 6.54 Å². The summed E-state index contributed by atoms with van der Waals surface area (Å²) in [7, 11) is 0. The van der Waals surface area contributed by atoms with Crippen molar-refractivity contribution in [3.63, 3.8) is 0 Å². The molecule has 0 saturated carbocycles. The van der Waals surface area contributed by atoms with Gasteiger partial charge in [-0.15, -0.1) is 0 Å². The molecule has 1 amide bonds. The highest BCUT2D eigenvalue weighted by molar-refractivity contribution is 7.07. The number of aliphatic hydroxyl groups is 1. The number of carbonyl (C=O) groups is 1. The maximum Gasteiger partial charge on any atom is 0.275 e. The van der Waals surface area contributed by atoms with Crippen LogP contribution in [-0.4, -0.2) is 32.4 Å². The number of aromatic hydroxyl groups is 1. The van der Waals surface area contributed by atoms with E-state index in [1.807, 2.05) is 41.1 Å². The van der Waals surface area contributed by atoms with Gasteiger partial charge in [-0.05, 0) is 34.5 Å². The minimum absolute atomic E-state index is 0.0488. The van der Waals surface area contributed by atoms with Crippen molar-refractivity contribution >= 4 is 17.2 Å². The fourth-order valence-electron chi connectivity index (χ4n) is 2.10. The first kappa shape index (κ1) is 15.3. The molecular weight excluding hydrogens is 314 g/mol. The predicted molar refractivity (Wildman–Crippen MR) is 86.8 cm³/mol. The fourth-order valence-corrected chi connectivity index (χ4v) is 2.80. The van der Waals surface area contributed by atoms with Crippen LogP contribution in [0.1, 0.15) is 22.2 Å². The number of thiophene rings is 1. The first-order chi connectivity index (χ1) is 11.1. The summed E-state index contributed by atoms with van der Waals surface area (Å²) in [6.45, 7) is 0.0488. The number of amides is 1. The zero-order chi connectivity index (χ0) is 16.2. The molecular formula is C16H15N3O3S. The predicted octanol–water partition coefficient (Wildman–Crippen LogP) is 2.10. The Labute approximate surface area is 136 Å². The number of rotatable bonds is 5. The minimum atomic E-state index is -0.788. The Morgan fingerprint density at radius 1 is 1.30 bits per heavy atom. The van der Waals surface area contributed by atoms with Gasteiger partial charge in [0.15, 0.2) is 11.4 Å². The van der Waals surface area contributed by atoms with Crippen molar-refractivity contribution in [3.05, 3.63) is 64.6 Å². The quantitative estimate of drug-likeness (QED) is 0.669. The summed E-state index contributed by atoms with van der Waals surface area (Å²) in [5.41, 5.74) is 1.40. The van der Waals surface area contributed by atoms with E-state index in [-0.39, 0.29) is 18.0 Å². The molecule has 0 saturated heterocycles. The van der Waals surface area contributed by atoms with Gasteiger partial charge >= 0.3 is 0 Å². The summed E-state index contributed by atoms with van der Waals surface area (Å²) in [5.74, 6) is -0.747. The lowest BCUT2D eigenvalue weighted by Crippen LogP contribution is -2.28. The molecule has 3 rings (SSSR count). The van der Waals surface area contributed by atoms with Crippen LogP contribution in [-0.2, 0) is 0 Å². The molecule has 0 aliphatic heterocycles. The molecule has 1 atom stereocenters. The highest BCUT2D eigenvalue weighted by Crippen LogP contribution is 2.19. The second-order valence-corrected chi connectivity index (χ2v) is 5.71. The van der Waals surface area contributed by atoms with Crippen molar-refractivity contribution in [2.24, 2.45) is 0 Å². The Hall–Kier alpha value is -2.64. The maximum atomic E-state index is 12.1. The van der Waals surface area contributed by atoms with Crippen LogP contribution in [0.3, 0.4) is 0 Å². The molecule has 7 heteroatoms. The minimum Gasteiger partial charge on any atom is -0.504 e.